The van der Waals surface area contributed by atoms with Gasteiger partial charge in [-0.3, -0.25) is 33.6 Å². The van der Waals surface area contributed by atoms with Gasteiger partial charge in [-0.05, 0) is 72.2 Å². The molecule has 3 aromatic carbocycles. The van der Waals surface area contributed by atoms with Gasteiger partial charge in [0, 0.05) is 55.5 Å². The van der Waals surface area contributed by atoms with Crippen LogP contribution in [-0.2, 0) is 49.6 Å². The summed E-state index contributed by atoms with van der Waals surface area (Å²) in [6.45, 7) is 0.644. The number of piperidine rings is 1. The summed E-state index contributed by atoms with van der Waals surface area (Å²) in [6, 6.07) is 14.4. The summed E-state index contributed by atoms with van der Waals surface area (Å²) < 4.78 is 16.4. The zero-order valence-electron chi connectivity index (χ0n) is 28.9. The molecule has 0 spiro atoms. The number of nitrogens with one attached hydrogen (secondary N) is 1. The maximum Gasteiger partial charge on any atom is 0.329 e. The number of imide groups is 1. The fourth-order valence-electron chi connectivity index (χ4n) is 8.11. The number of rotatable bonds is 7. The Hall–Kier alpha value is -5.91. The van der Waals surface area contributed by atoms with E-state index in [9.17, 15) is 24.0 Å². The Kier molecular flexibility index (Phi) is 7.69. The molecule has 12 heteroatoms. The Bertz CT molecular complexity index is 2430. The van der Waals surface area contributed by atoms with Crippen molar-refractivity contribution in [3.63, 3.8) is 0 Å². The number of fused-ring (bicyclic) bond motifs is 3. The second-order valence-electron chi connectivity index (χ2n) is 13.5. The quantitative estimate of drug-likeness (QED) is 0.256. The Morgan fingerprint density at radius 1 is 0.824 bits per heavy atom. The Balaban J connectivity index is 1.12. The number of hydrogen-bond donors (Lipinski definition) is 1. The van der Waals surface area contributed by atoms with Gasteiger partial charge < -0.3 is 18.9 Å². The fraction of sp³-hybridized carbons (Fsp3) is 0.308. The van der Waals surface area contributed by atoms with E-state index in [1.807, 2.05) is 48.7 Å². The molecule has 51 heavy (non-hydrogen) atoms. The molecule has 4 heterocycles. The van der Waals surface area contributed by atoms with E-state index in [0.29, 0.717) is 34.6 Å². The average molecular weight is 688 g/mol. The average Bonchev–Trinajstić information content (AvgIpc) is 3.81. The van der Waals surface area contributed by atoms with E-state index in [4.69, 9.17) is 9.47 Å². The molecule has 12 nitrogen and oxygen atoms in total. The van der Waals surface area contributed by atoms with Gasteiger partial charge in [0.15, 0.2) is 0 Å². The third-order valence-electron chi connectivity index (χ3n) is 10.6. The van der Waals surface area contributed by atoms with Crippen LogP contribution in [-0.4, -0.2) is 50.5 Å². The smallest absolute Gasteiger partial charge is 0.329 e. The maximum atomic E-state index is 14.0. The molecule has 1 atom stereocenters. The number of carbonyl (C=O) groups is 3. The molecule has 1 N–H and O–H groups in total. The van der Waals surface area contributed by atoms with Gasteiger partial charge in [0.25, 0.3) is 11.5 Å². The SMILES string of the molecule is COc1cc(-c2cn(C)c(=O)c3c2CCC3)cc(OC)c1CN1Cc2ccc(-c3cccc4c3n(C)c(=O)n4C3CCC(=O)NC3=O)cc2C1=O. The van der Waals surface area contributed by atoms with Crippen LogP contribution in [0.25, 0.3) is 33.3 Å². The molecule has 0 radical (unpaired) electrons. The van der Waals surface area contributed by atoms with Crippen LogP contribution in [0.5, 0.6) is 11.5 Å². The minimum absolute atomic E-state index is 0.0448. The lowest BCUT2D eigenvalue weighted by Gasteiger charge is -2.22. The molecule has 1 unspecified atom stereocenters. The van der Waals surface area contributed by atoms with E-state index >= 15 is 0 Å². The summed E-state index contributed by atoms with van der Waals surface area (Å²) in [5.41, 5.74) is 8.38. The number of imidazole rings is 1. The van der Waals surface area contributed by atoms with E-state index < -0.39 is 11.9 Å². The molecule has 260 valence electrons. The Morgan fingerprint density at radius 2 is 1.57 bits per heavy atom. The van der Waals surface area contributed by atoms with Crippen LogP contribution in [0, 0.1) is 0 Å². The molecular weight excluding hydrogens is 650 g/mol. The molecule has 3 aliphatic rings. The van der Waals surface area contributed by atoms with Crippen molar-refractivity contribution in [3.05, 3.63) is 103 Å². The van der Waals surface area contributed by atoms with Gasteiger partial charge in [-0.25, -0.2) is 4.79 Å². The number of carbonyl (C=O) groups excluding carboxylic acids is 3. The minimum atomic E-state index is -0.797. The van der Waals surface area contributed by atoms with Crippen molar-refractivity contribution in [2.24, 2.45) is 14.1 Å². The van der Waals surface area contributed by atoms with Gasteiger partial charge >= 0.3 is 5.69 Å². The van der Waals surface area contributed by atoms with Gasteiger partial charge in [-0.2, -0.15) is 0 Å². The number of methoxy groups -OCH3 is 2. The first kappa shape index (κ1) is 32.3. The third-order valence-corrected chi connectivity index (χ3v) is 10.6. The molecule has 8 rings (SSSR count). The van der Waals surface area contributed by atoms with Crippen molar-refractivity contribution < 1.29 is 23.9 Å². The van der Waals surface area contributed by atoms with Gasteiger partial charge in [0.1, 0.15) is 17.5 Å². The predicted octanol–water partition coefficient (Wildman–Crippen LogP) is 4.01. The number of hydrogen-bond acceptors (Lipinski definition) is 7. The number of amides is 3. The van der Waals surface area contributed by atoms with Crippen molar-refractivity contribution in [2.75, 3.05) is 14.2 Å². The van der Waals surface area contributed by atoms with Crippen molar-refractivity contribution in [1.29, 1.82) is 0 Å². The van der Waals surface area contributed by atoms with Gasteiger partial charge in [-0.1, -0.05) is 24.3 Å². The summed E-state index contributed by atoms with van der Waals surface area (Å²) in [6.07, 6.45) is 4.82. The van der Waals surface area contributed by atoms with Crippen molar-refractivity contribution in [1.82, 2.24) is 23.9 Å². The highest BCUT2D eigenvalue weighted by Gasteiger charge is 2.33. The van der Waals surface area contributed by atoms with Crippen molar-refractivity contribution in [3.8, 4) is 33.8 Å². The van der Waals surface area contributed by atoms with E-state index in [2.05, 4.69) is 5.32 Å². The second kappa shape index (κ2) is 12.1. The van der Waals surface area contributed by atoms with E-state index in [-0.39, 0.29) is 42.4 Å². The summed E-state index contributed by atoms with van der Waals surface area (Å²) in [4.78, 5) is 66.6. The zero-order valence-corrected chi connectivity index (χ0v) is 28.9. The van der Waals surface area contributed by atoms with E-state index in [1.165, 1.54) is 9.13 Å². The first-order chi connectivity index (χ1) is 24.6. The second-order valence-corrected chi connectivity index (χ2v) is 13.5. The molecule has 2 aliphatic heterocycles. The van der Waals surface area contributed by atoms with Gasteiger partial charge in [-0.15, -0.1) is 0 Å². The number of ether oxygens (including phenoxy) is 2. The van der Waals surface area contributed by atoms with Crippen LogP contribution in [0.3, 0.4) is 0 Å². The normalized spacial score (nSPS) is 16.8. The standard InChI is InChI=1S/C39H37N5O7/c1-41-19-28(25-8-5-9-26(25)37(41)47)23-16-32(50-3)29(33(17-23)51-4)20-43-18-22-12-11-21(15-27(22)38(43)48)24-7-6-10-30-35(24)42(2)39(49)44(30)31-13-14-34(45)40-36(31)46/h6-7,10-12,15-17,19,31H,5,8-9,13-14,18,20H2,1-4H3,(H,40,45,46). The summed E-state index contributed by atoms with van der Waals surface area (Å²) in [5.74, 6) is 0.191. The summed E-state index contributed by atoms with van der Waals surface area (Å²) in [7, 11) is 6.63. The maximum absolute atomic E-state index is 14.0. The van der Waals surface area contributed by atoms with Crippen LogP contribution in [0.1, 0.15) is 57.9 Å². The summed E-state index contributed by atoms with van der Waals surface area (Å²) >= 11 is 0. The molecule has 1 aliphatic carbocycles. The highest BCUT2D eigenvalue weighted by atomic mass is 16.5. The highest BCUT2D eigenvalue weighted by molar-refractivity contribution is 6.02. The third kappa shape index (κ3) is 5.07. The lowest BCUT2D eigenvalue weighted by atomic mass is 9.97. The van der Waals surface area contributed by atoms with Crippen LogP contribution < -0.4 is 26.0 Å². The highest BCUT2D eigenvalue weighted by Crippen LogP contribution is 2.40. The fourth-order valence-corrected chi connectivity index (χ4v) is 8.11. The largest absolute Gasteiger partial charge is 0.496 e. The van der Waals surface area contributed by atoms with E-state index in [0.717, 1.165) is 63.8 Å². The van der Waals surface area contributed by atoms with Gasteiger partial charge in [0.2, 0.25) is 11.8 Å². The first-order valence-electron chi connectivity index (χ1n) is 17.0. The number of benzene rings is 3. The lowest BCUT2D eigenvalue weighted by molar-refractivity contribution is -0.135. The lowest BCUT2D eigenvalue weighted by Crippen LogP contribution is -2.44. The number of nitrogens with zero attached hydrogens (tertiary/aromatic N) is 4. The zero-order chi connectivity index (χ0) is 35.7. The molecular formula is C39H37N5O7. The van der Waals surface area contributed by atoms with Crippen molar-refractivity contribution in [2.45, 2.75) is 51.2 Å². The molecule has 5 aromatic rings. The molecule has 0 saturated carbocycles. The van der Waals surface area contributed by atoms with Crippen LogP contribution in [0.4, 0.5) is 0 Å². The number of aryl methyl sites for hydroxylation is 2. The van der Waals surface area contributed by atoms with Crippen LogP contribution in [0.2, 0.25) is 0 Å². The molecule has 0 bridgehead atoms. The number of pyridine rings is 1. The predicted molar refractivity (Wildman–Crippen MR) is 190 cm³/mol. The van der Waals surface area contributed by atoms with Crippen molar-refractivity contribution >= 4 is 28.8 Å². The van der Waals surface area contributed by atoms with Crippen LogP contribution in [0.15, 0.2) is 64.3 Å². The molecule has 1 saturated heterocycles. The minimum Gasteiger partial charge on any atom is -0.496 e. The Morgan fingerprint density at radius 3 is 2.29 bits per heavy atom. The molecule has 1 fully saturated rings. The summed E-state index contributed by atoms with van der Waals surface area (Å²) in [5, 5.41) is 2.35. The topological polar surface area (TPSA) is 134 Å². The monoisotopic (exact) mass is 687 g/mol. The molecule has 2 aromatic heterocycles. The van der Waals surface area contributed by atoms with Crippen LogP contribution >= 0.6 is 0 Å². The Labute approximate surface area is 292 Å². The number of aromatic nitrogens is 3. The van der Waals surface area contributed by atoms with E-state index in [1.54, 1.807) is 43.8 Å². The number of para-hydroxylation sites is 1. The first-order valence-corrected chi connectivity index (χ1v) is 17.0. The van der Waals surface area contributed by atoms with Gasteiger partial charge in [0.05, 0.1) is 37.4 Å². The molecule has 3 amide bonds.